The maximum atomic E-state index is 12.0. The van der Waals surface area contributed by atoms with Crippen molar-refractivity contribution < 1.29 is 19.5 Å². The summed E-state index contributed by atoms with van der Waals surface area (Å²) in [6.45, 7) is 1.34. The molecular formula is C11H12ClNO4. The van der Waals surface area contributed by atoms with Crippen molar-refractivity contribution in [2.75, 3.05) is 0 Å². The molecule has 0 saturated carbocycles. The molecule has 5 nitrogen and oxygen atoms in total. The first kappa shape index (κ1) is 12.1. The van der Waals surface area contributed by atoms with E-state index in [1.807, 2.05) is 0 Å². The molecule has 0 spiro atoms. The lowest BCUT2D eigenvalue weighted by Gasteiger charge is -2.18. The summed E-state index contributed by atoms with van der Waals surface area (Å²) in [4.78, 5) is 35.7. The molecule has 3 atom stereocenters. The van der Waals surface area contributed by atoms with Crippen molar-refractivity contribution in [1.29, 1.82) is 0 Å². The fourth-order valence-electron chi connectivity index (χ4n) is 2.35. The minimum atomic E-state index is -1.18. The number of carboxylic acid groups (broad SMARTS) is 1. The number of likely N-dealkylation sites (tertiary alicyclic amines) is 1. The Kier molecular flexibility index (Phi) is 2.95. The Labute approximate surface area is 103 Å². The lowest BCUT2D eigenvalue weighted by atomic mass is 9.85. The summed E-state index contributed by atoms with van der Waals surface area (Å²) in [7, 11) is 0. The van der Waals surface area contributed by atoms with Gasteiger partial charge in [0, 0.05) is 5.03 Å². The minimum absolute atomic E-state index is 0.333. The Balaban J connectivity index is 2.28. The van der Waals surface area contributed by atoms with Crippen LogP contribution in [0, 0.1) is 11.8 Å². The predicted molar refractivity (Wildman–Crippen MR) is 59.1 cm³/mol. The fourth-order valence-corrected chi connectivity index (χ4v) is 2.60. The van der Waals surface area contributed by atoms with Crippen molar-refractivity contribution in [1.82, 2.24) is 4.90 Å². The average Bonchev–Trinajstić information content (AvgIpc) is 2.50. The Morgan fingerprint density at radius 2 is 2.06 bits per heavy atom. The van der Waals surface area contributed by atoms with Gasteiger partial charge in [0.25, 0.3) is 0 Å². The first-order chi connectivity index (χ1) is 7.93. The van der Waals surface area contributed by atoms with Crippen LogP contribution in [-0.4, -0.2) is 33.8 Å². The zero-order valence-electron chi connectivity index (χ0n) is 9.22. The maximum Gasteiger partial charge on any atom is 0.326 e. The van der Waals surface area contributed by atoms with Crippen LogP contribution in [0.1, 0.15) is 19.8 Å². The third kappa shape index (κ3) is 1.84. The first-order valence-electron chi connectivity index (χ1n) is 5.37. The summed E-state index contributed by atoms with van der Waals surface area (Å²) in [6.07, 6.45) is 2.47. The molecule has 1 aliphatic heterocycles. The number of allylic oxidation sites excluding steroid dienone is 2. The highest BCUT2D eigenvalue weighted by Gasteiger charge is 2.51. The van der Waals surface area contributed by atoms with Gasteiger partial charge in [-0.3, -0.25) is 14.5 Å². The van der Waals surface area contributed by atoms with Crippen molar-refractivity contribution in [3.63, 3.8) is 0 Å². The third-order valence-corrected chi connectivity index (χ3v) is 3.66. The molecule has 1 fully saturated rings. The maximum absolute atomic E-state index is 12.0. The van der Waals surface area contributed by atoms with Crippen molar-refractivity contribution in [2.45, 2.75) is 25.8 Å². The Morgan fingerprint density at radius 3 is 2.65 bits per heavy atom. The Morgan fingerprint density at radius 1 is 1.47 bits per heavy atom. The molecule has 92 valence electrons. The smallest absolute Gasteiger partial charge is 0.326 e. The molecule has 2 rings (SSSR count). The average molecular weight is 258 g/mol. The van der Waals surface area contributed by atoms with Gasteiger partial charge in [0.2, 0.25) is 11.8 Å². The van der Waals surface area contributed by atoms with Crippen LogP contribution in [0.25, 0.3) is 0 Å². The number of nitrogens with zero attached hydrogens (tertiary/aromatic N) is 1. The van der Waals surface area contributed by atoms with E-state index in [0.717, 1.165) is 4.90 Å². The number of rotatable bonds is 2. The van der Waals surface area contributed by atoms with E-state index < -0.39 is 35.7 Å². The summed E-state index contributed by atoms with van der Waals surface area (Å²) in [5.74, 6) is -2.91. The van der Waals surface area contributed by atoms with E-state index in [9.17, 15) is 14.4 Å². The number of hydrogen-bond donors (Lipinski definition) is 1. The molecular weight excluding hydrogens is 246 g/mol. The number of halogens is 1. The summed E-state index contributed by atoms with van der Waals surface area (Å²) >= 11 is 5.85. The van der Waals surface area contributed by atoms with E-state index >= 15 is 0 Å². The lowest BCUT2D eigenvalue weighted by molar-refractivity contribution is -0.154. The van der Waals surface area contributed by atoms with E-state index in [4.69, 9.17) is 16.7 Å². The lowest BCUT2D eigenvalue weighted by Crippen LogP contribution is -2.43. The van der Waals surface area contributed by atoms with Crippen LogP contribution >= 0.6 is 11.6 Å². The number of carbonyl (C=O) groups excluding carboxylic acids is 2. The second-order valence-electron chi connectivity index (χ2n) is 4.36. The summed E-state index contributed by atoms with van der Waals surface area (Å²) in [5, 5.41) is 9.45. The van der Waals surface area contributed by atoms with Crippen molar-refractivity contribution in [3.8, 4) is 0 Å². The SMILES string of the molecule is C[C@H](C(=O)O)N1C(=O)[C@H]2CC=C(Cl)C[C@@H]2C1=O. The molecule has 0 unspecified atom stereocenters. The molecule has 1 heterocycles. The van der Waals surface area contributed by atoms with E-state index in [2.05, 4.69) is 0 Å². The highest BCUT2D eigenvalue weighted by molar-refractivity contribution is 6.30. The molecule has 6 heteroatoms. The fraction of sp³-hybridized carbons (Fsp3) is 0.545. The van der Waals surface area contributed by atoms with Crippen LogP contribution in [0.2, 0.25) is 0 Å². The number of aliphatic carboxylic acids is 1. The van der Waals surface area contributed by atoms with Gasteiger partial charge in [-0.15, -0.1) is 0 Å². The number of carboxylic acids is 1. The van der Waals surface area contributed by atoms with E-state index in [1.165, 1.54) is 6.92 Å². The highest BCUT2D eigenvalue weighted by atomic mass is 35.5. The van der Waals surface area contributed by atoms with Gasteiger partial charge in [0.05, 0.1) is 11.8 Å². The van der Waals surface area contributed by atoms with Gasteiger partial charge >= 0.3 is 5.97 Å². The number of amides is 2. The number of carbonyl (C=O) groups is 3. The van der Waals surface area contributed by atoms with E-state index in [-0.39, 0.29) is 0 Å². The molecule has 0 radical (unpaired) electrons. The minimum Gasteiger partial charge on any atom is -0.480 e. The zero-order valence-corrected chi connectivity index (χ0v) is 9.98. The van der Waals surface area contributed by atoms with Crippen molar-refractivity contribution in [2.24, 2.45) is 11.8 Å². The molecule has 2 aliphatic rings. The molecule has 1 N–H and O–H groups in total. The zero-order chi connectivity index (χ0) is 12.7. The molecule has 0 aromatic rings. The van der Waals surface area contributed by atoms with Crippen molar-refractivity contribution in [3.05, 3.63) is 11.1 Å². The topological polar surface area (TPSA) is 74.7 Å². The quantitative estimate of drug-likeness (QED) is 0.748. The number of hydrogen-bond acceptors (Lipinski definition) is 3. The predicted octanol–water partition coefficient (Wildman–Crippen LogP) is 0.977. The molecule has 17 heavy (non-hydrogen) atoms. The van der Waals surface area contributed by atoms with Crippen LogP contribution in [0.15, 0.2) is 11.1 Å². The Hall–Kier alpha value is -1.36. The number of fused-ring (bicyclic) bond motifs is 1. The van der Waals surface area contributed by atoms with Crippen LogP contribution in [0.5, 0.6) is 0 Å². The van der Waals surface area contributed by atoms with Crippen LogP contribution < -0.4 is 0 Å². The second-order valence-corrected chi connectivity index (χ2v) is 4.85. The van der Waals surface area contributed by atoms with Gasteiger partial charge in [-0.2, -0.15) is 0 Å². The van der Waals surface area contributed by atoms with E-state index in [0.29, 0.717) is 17.9 Å². The third-order valence-electron chi connectivity index (χ3n) is 3.35. The van der Waals surface area contributed by atoms with Gasteiger partial charge in [-0.05, 0) is 19.8 Å². The summed E-state index contributed by atoms with van der Waals surface area (Å²) < 4.78 is 0. The molecule has 2 amide bonds. The molecule has 0 bridgehead atoms. The molecule has 0 aromatic heterocycles. The largest absolute Gasteiger partial charge is 0.480 e. The van der Waals surface area contributed by atoms with Crippen LogP contribution in [0.3, 0.4) is 0 Å². The first-order valence-corrected chi connectivity index (χ1v) is 5.75. The standard InChI is InChI=1S/C11H12ClNO4/c1-5(11(16)17)13-9(14)7-3-2-6(12)4-8(7)10(13)15/h2,5,7-8H,3-4H2,1H3,(H,16,17)/t5-,7+,8+/m1/s1. The van der Waals surface area contributed by atoms with Gasteiger partial charge in [0.1, 0.15) is 6.04 Å². The molecule has 1 aliphatic carbocycles. The Bertz CT molecular complexity index is 431. The van der Waals surface area contributed by atoms with Crippen LogP contribution in [-0.2, 0) is 14.4 Å². The molecule has 1 saturated heterocycles. The van der Waals surface area contributed by atoms with E-state index in [1.54, 1.807) is 6.08 Å². The normalized spacial score (nSPS) is 30.0. The van der Waals surface area contributed by atoms with Gasteiger partial charge in [-0.25, -0.2) is 4.79 Å². The van der Waals surface area contributed by atoms with Gasteiger partial charge in [0.15, 0.2) is 0 Å². The summed E-state index contributed by atoms with van der Waals surface area (Å²) in [6, 6.07) is -1.11. The molecule has 0 aromatic carbocycles. The highest BCUT2D eigenvalue weighted by Crippen LogP contribution is 2.39. The number of imide groups is 1. The second kappa shape index (κ2) is 4.14. The van der Waals surface area contributed by atoms with Gasteiger partial charge < -0.3 is 5.11 Å². The van der Waals surface area contributed by atoms with Crippen molar-refractivity contribution >= 4 is 29.4 Å². The summed E-state index contributed by atoms with van der Waals surface area (Å²) in [5.41, 5.74) is 0. The monoisotopic (exact) mass is 257 g/mol. The van der Waals surface area contributed by atoms with Crippen LogP contribution in [0.4, 0.5) is 0 Å². The van der Waals surface area contributed by atoms with Gasteiger partial charge in [-0.1, -0.05) is 17.7 Å².